The molecule has 0 amide bonds. The fourth-order valence-electron chi connectivity index (χ4n) is 16.2. The van der Waals surface area contributed by atoms with Gasteiger partial charge in [0.2, 0.25) is 0 Å². The summed E-state index contributed by atoms with van der Waals surface area (Å²) in [5.74, 6) is 8.03. The number of anilines is 2. The van der Waals surface area contributed by atoms with Crippen molar-refractivity contribution in [2.45, 2.75) is 73.1 Å². The number of quaternary nitrogens is 2. The maximum atomic E-state index is 7.48. The van der Waals surface area contributed by atoms with Gasteiger partial charge in [-0.15, -0.1) is 12.8 Å². The van der Waals surface area contributed by atoms with Crippen LogP contribution in [0, 0.1) is 48.4 Å². The molecule has 5 saturated heterocycles. The normalized spacial score (nSPS) is 47.7. The van der Waals surface area contributed by atoms with Gasteiger partial charge in [0.1, 0.15) is 50.7 Å². The number of nitrogens with zero attached hydrogens (tertiary/aromatic N) is 4. The molecule has 2 saturated carbocycles. The maximum absolute atomic E-state index is 7.48. The second kappa shape index (κ2) is 10.6. The number of benzene rings is 2. The highest BCUT2D eigenvalue weighted by Crippen LogP contribution is 2.72. The summed E-state index contributed by atoms with van der Waals surface area (Å²) in [7, 11) is 0. The first-order valence-corrected chi connectivity index (χ1v) is 19.6. The van der Waals surface area contributed by atoms with E-state index in [2.05, 4.69) is 82.3 Å². The van der Waals surface area contributed by atoms with Gasteiger partial charge in [0, 0.05) is 60.7 Å². The predicted molar refractivity (Wildman–Crippen MR) is 192 cm³/mol. The van der Waals surface area contributed by atoms with E-state index in [4.69, 9.17) is 22.3 Å². The highest BCUT2D eigenvalue weighted by atomic mass is 79.9. The Hall–Kier alpha value is -2.56. The second-order valence-electron chi connectivity index (χ2n) is 18.1. The average molecular weight is 823 g/mol. The van der Waals surface area contributed by atoms with E-state index in [1.54, 1.807) is 22.3 Å². The smallest absolute Gasteiger partial charge is 0.141 e. The topological polar surface area (TPSA) is 24.9 Å². The highest BCUT2D eigenvalue weighted by molar-refractivity contribution is 5.72. The molecule has 2 aromatic carbocycles. The van der Waals surface area contributed by atoms with Crippen LogP contribution >= 0.6 is 0 Å². The number of hydrogen-bond donors (Lipinski definition) is 0. The van der Waals surface area contributed by atoms with Crippen LogP contribution in [0.1, 0.15) is 36.8 Å². The number of terminal acetylenes is 2. The lowest BCUT2D eigenvalue weighted by molar-refractivity contribution is -0.936. The Bertz CT molecular complexity index is 1930. The zero-order valence-corrected chi connectivity index (χ0v) is 32.7. The number of halogens is 2. The van der Waals surface area contributed by atoms with Crippen LogP contribution in [-0.4, -0.2) is 98.1 Å². The van der Waals surface area contributed by atoms with Crippen molar-refractivity contribution in [1.82, 2.24) is 0 Å². The van der Waals surface area contributed by atoms with Crippen LogP contribution in [0.15, 0.2) is 71.8 Å². The molecule has 13 rings (SSSR count). The molecule has 9 aliphatic heterocycles. The Morgan fingerprint density at radius 1 is 0.673 bits per heavy atom. The Morgan fingerprint density at radius 3 is 1.56 bits per heavy atom. The largest absolute Gasteiger partial charge is 1.00 e. The lowest BCUT2D eigenvalue weighted by Gasteiger charge is -2.65. The van der Waals surface area contributed by atoms with Gasteiger partial charge in [0.05, 0.1) is 49.2 Å². The monoisotopic (exact) mass is 820 g/mol. The van der Waals surface area contributed by atoms with E-state index in [-0.39, 0.29) is 57.2 Å². The standard InChI is InChI=1S/C44H46N4O2.2BrH/c1-3-17-47-19-15-43-31-9-5-7-11-33(31)45-39(43)37-29(23-35(43)47)27(25-47)13-21-49-41(37)46-34-12-8-6-10-32(34)44-16-20-48(18-4-2)26-28-14-22-50-42(45)38(40(44)46)30(28)24-36(44)48;;/h1-2,5-14,29-30,35-42H,15-26H2;2*1H/q+2;;/p-2/t29?,30?,35?,36?,37?,38?,39?,40?,41?,42?,43?,44?,47-,48-;;/m0../s1. The van der Waals surface area contributed by atoms with Gasteiger partial charge >= 0.3 is 0 Å². The van der Waals surface area contributed by atoms with Gasteiger partial charge in [-0.3, -0.25) is 0 Å². The van der Waals surface area contributed by atoms with Crippen LogP contribution < -0.4 is 43.8 Å². The molecule has 6 nitrogen and oxygen atoms in total. The molecule has 0 aromatic heterocycles. The van der Waals surface area contributed by atoms with Crippen LogP contribution in [0.25, 0.3) is 0 Å². The summed E-state index contributed by atoms with van der Waals surface area (Å²) in [6.07, 6.45) is 22.3. The van der Waals surface area contributed by atoms with Crippen LogP contribution in [0.2, 0.25) is 0 Å². The van der Waals surface area contributed by atoms with E-state index in [9.17, 15) is 0 Å². The SMILES string of the molecule is C#CC[N@+]12CCC34c5ccccc5N5C6OCC=C7C[N@+]8(CC#C)CCC9%10c%11ccccc%11N(C%11OCC=C(C1)C(CC32)C%11C54)C9C6C7CC%108.[Br-].[Br-]. The molecular weight excluding hydrogens is 776 g/mol. The quantitative estimate of drug-likeness (QED) is 0.211. The van der Waals surface area contributed by atoms with Gasteiger partial charge in [-0.2, -0.15) is 0 Å². The molecule has 4 bridgehead atoms. The van der Waals surface area contributed by atoms with Crippen LogP contribution in [0.4, 0.5) is 11.4 Å². The maximum Gasteiger partial charge on any atom is 0.141 e. The Kier molecular flexibility index (Phi) is 6.69. The van der Waals surface area contributed by atoms with E-state index in [0.29, 0.717) is 61.1 Å². The molecule has 12 unspecified atom stereocenters. The van der Waals surface area contributed by atoms with E-state index >= 15 is 0 Å². The third kappa shape index (κ3) is 3.32. The fourth-order valence-corrected chi connectivity index (χ4v) is 16.2. The number of rotatable bonds is 2. The van der Waals surface area contributed by atoms with Crippen molar-refractivity contribution in [3.63, 3.8) is 0 Å². The zero-order chi connectivity index (χ0) is 32.8. The molecule has 2 aliphatic carbocycles. The number of para-hydroxylation sites is 2. The summed E-state index contributed by atoms with van der Waals surface area (Å²) in [5.41, 5.74) is 9.30. The summed E-state index contributed by atoms with van der Waals surface area (Å²) >= 11 is 0. The van der Waals surface area contributed by atoms with Crippen molar-refractivity contribution in [3.8, 4) is 24.7 Å². The third-order valence-electron chi connectivity index (χ3n) is 17.3. The van der Waals surface area contributed by atoms with Crippen molar-refractivity contribution in [2.75, 3.05) is 62.3 Å². The lowest BCUT2D eigenvalue weighted by atomic mass is 9.52. The molecule has 8 heteroatoms. The van der Waals surface area contributed by atoms with Crippen molar-refractivity contribution in [3.05, 3.63) is 83.0 Å². The molecular formula is C44H46Br2N4O2. The van der Waals surface area contributed by atoms with E-state index < -0.39 is 0 Å². The molecule has 268 valence electrons. The Morgan fingerprint density at radius 2 is 1.12 bits per heavy atom. The van der Waals surface area contributed by atoms with Crippen molar-refractivity contribution < 1.29 is 52.4 Å². The summed E-state index contributed by atoms with van der Waals surface area (Å²) in [6, 6.07) is 20.8. The fraction of sp³-hybridized carbons (Fsp3) is 0.545. The summed E-state index contributed by atoms with van der Waals surface area (Å²) in [5, 5.41) is 0. The molecule has 9 heterocycles. The minimum absolute atomic E-state index is 0. The molecule has 7 fully saturated rings. The van der Waals surface area contributed by atoms with Gasteiger partial charge in [-0.25, -0.2) is 0 Å². The summed E-state index contributed by atoms with van der Waals surface area (Å²) < 4.78 is 17.1. The molecule has 0 radical (unpaired) electrons. The molecule has 11 aliphatic rings. The first-order chi connectivity index (χ1) is 24.6. The van der Waals surface area contributed by atoms with E-state index in [0.717, 1.165) is 48.2 Å². The van der Waals surface area contributed by atoms with Crippen molar-refractivity contribution in [1.29, 1.82) is 0 Å². The first kappa shape index (κ1) is 32.8. The van der Waals surface area contributed by atoms with E-state index in [1.165, 1.54) is 37.1 Å². The molecule has 2 spiro atoms. The summed E-state index contributed by atoms with van der Waals surface area (Å²) in [4.78, 5) is 5.87. The van der Waals surface area contributed by atoms with Gasteiger partial charge in [-0.05, 0) is 46.2 Å². The lowest BCUT2D eigenvalue weighted by Crippen LogP contribution is -3.00. The third-order valence-corrected chi connectivity index (χ3v) is 17.3. The van der Waals surface area contributed by atoms with E-state index in [1.807, 2.05) is 0 Å². The zero-order valence-electron chi connectivity index (χ0n) is 29.5. The highest BCUT2D eigenvalue weighted by Gasteiger charge is 2.80. The molecule has 14 atom stereocenters. The van der Waals surface area contributed by atoms with Crippen LogP contribution in [0.3, 0.4) is 0 Å². The van der Waals surface area contributed by atoms with Gasteiger partial charge in [-0.1, -0.05) is 48.6 Å². The van der Waals surface area contributed by atoms with Gasteiger partial charge in [0.25, 0.3) is 0 Å². The Balaban J connectivity index is 0.00000160. The number of hydrogen-bond acceptors (Lipinski definition) is 4. The average Bonchev–Trinajstić information content (AvgIpc) is 3.75. The summed E-state index contributed by atoms with van der Waals surface area (Å²) in [6.45, 7) is 7.49. The van der Waals surface area contributed by atoms with Crippen molar-refractivity contribution in [2.24, 2.45) is 23.7 Å². The van der Waals surface area contributed by atoms with Gasteiger partial charge in [0.15, 0.2) is 0 Å². The number of piperidine rings is 2. The number of fused-ring (bicyclic) bond motifs is 6. The van der Waals surface area contributed by atoms with Crippen LogP contribution in [0.5, 0.6) is 0 Å². The molecule has 0 N–H and O–H groups in total. The molecule has 52 heavy (non-hydrogen) atoms. The minimum Gasteiger partial charge on any atom is -1.00 e. The first-order valence-electron chi connectivity index (χ1n) is 19.6. The Labute approximate surface area is 328 Å². The van der Waals surface area contributed by atoms with Crippen LogP contribution in [-0.2, 0) is 20.3 Å². The number of ether oxygens (including phenoxy) is 2. The van der Waals surface area contributed by atoms with Gasteiger partial charge < -0.3 is 62.2 Å². The second-order valence-corrected chi connectivity index (χ2v) is 18.1. The minimum atomic E-state index is -0.00209. The molecule has 2 aromatic rings. The predicted octanol–water partition coefficient (Wildman–Crippen LogP) is -1.43. The van der Waals surface area contributed by atoms with Crippen molar-refractivity contribution >= 4 is 11.4 Å².